The fourth-order valence-electron chi connectivity index (χ4n) is 2.97. The zero-order valence-corrected chi connectivity index (χ0v) is 14.2. The van der Waals surface area contributed by atoms with Gasteiger partial charge in [-0.25, -0.2) is 4.98 Å². The fourth-order valence-corrected chi connectivity index (χ4v) is 3.90. The molecule has 2 aromatic carbocycles. The molecule has 0 unspecified atom stereocenters. The molecule has 1 aliphatic rings. The highest BCUT2D eigenvalue weighted by atomic mass is 32.1. The molecule has 0 aliphatic heterocycles. The highest BCUT2D eigenvalue weighted by Crippen LogP contribution is 2.38. The van der Waals surface area contributed by atoms with Gasteiger partial charge in [0, 0.05) is 11.3 Å². The zero-order valence-electron chi connectivity index (χ0n) is 13.4. The first-order chi connectivity index (χ1) is 11.9. The Morgan fingerprint density at radius 3 is 2.12 bits per heavy atom. The van der Waals surface area contributed by atoms with Crippen LogP contribution >= 0.6 is 11.3 Å². The maximum absolute atomic E-state index is 4.82. The number of hydrogen-bond donors (Lipinski definition) is 1. The van der Waals surface area contributed by atoms with Crippen molar-refractivity contribution >= 4 is 22.2 Å². The van der Waals surface area contributed by atoms with Gasteiger partial charge in [-0.1, -0.05) is 72.0 Å². The predicted octanol–water partition coefficient (Wildman–Crippen LogP) is 5.82. The summed E-state index contributed by atoms with van der Waals surface area (Å²) in [6, 6.07) is 20.8. The van der Waals surface area contributed by atoms with E-state index < -0.39 is 0 Å². The Hall–Kier alpha value is -2.46. The minimum atomic E-state index is 0.854. The lowest BCUT2D eigenvalue weighted by Gasteiger charge is -2.02. The van der Waals surface area contributed by atoms with Crippen molar-refractivity contribution in [2.45, 2.75) is 25.7 Å². The predicted molar refractivity (Wildman–Crippen MR) is 103 cm³/mol. The van der Waals surface area contributed by atoms with Crippen LogP contribution in [-0.4, -0.2) is 10.7 Å². The van der Waals surface area contributed by atoms with E-state index in [1.165, 1.54) is 29.0 Å². The number of benzene rings is 2. The molecule has 1 saturated carbocycles. The maximum Gasteiger partial charge on any atom is 0.204 e. The number of aromatic nitrogens is 1. The second-order valence-corrected chi connectivity index (χ2v) is 6.92. The molecule has 1 fully saturated rings. The minimum absolute atomic E-state index is 0.854. The summed E-state index contributed by atoms with van der Waals surface area (Å²) in [6.07, 6.45) is 4.72. The van der Waals surface area contributed by atoms with Crippen LogP contribution < -0.4 is 5.43 Å². The average molecular weight is 333 g/mol. The van der Waals surface area contributed by atoms with E-state index in [1.807, 2.05) is 12.1 Å². The lowest BCUT2D eigenvalue weighted by molar-refractivity contribution is 0.886. The van der Waals surface area contributed by atoms with Gasteiger partial charge in [0.2, 0.25) is 5.13 Å². The molecule has 0 atom stereocenters. The van der Waals surface area contributed by atoms with Gasteiger partial charge in [0.25, 0.3) is 0 Å². The first kappa shape index (κ1) is 15.1. The van der Waals surface area contributed by atoms with E-state index in [4.69, 9.17) is 4.98 Å². The highest BCUT2D eigenvalue weighted by molar-refractivity contribution is 7.19. The fraction of sp³-hybridized carbons (Fsp3) is 0.200. The van der Waals surface area contributed by atoms with Crippen LogP contribution in [0.15, 0.2) is 65.8 Å². The number of anilines is 1. The Morgan fingerprint density at radius 2 is 1.46 bits per heavy atom. The van der Waals surface area contributed by atoms with Crippen LogP contribution in [0.2, 0.25) is 0 Å². The smallest absolute Gasteiger partial charge is 0.204 e. The van der Waals surface area contributed by atoms with Crippen molar-refractivity contribution < 1.29 is 0 Å². The van der Waals surface area contributed by atoms with Gasteiger partial charge in [0.05, 0.1) is 10.6 Å². The van der Waals surface area contributed by atoms with Crippen LogP contribution in [0.25, 0.3) is 21.7 Å². The quantitative estimate of drug-likeness (QED) is 0.611. The summed E-state index contributed by atoms with van der Waals surface area (Å²) in [4.78, 5) is 5.99. The Morgan fingerprint density at radius 1 is 0.833 bits per heavy atom. The summed E-state index contributed by atoms with van der Waals surface area (Å²) in [5, 5.41) is 5.40. The van der Waals surface area contributed by atoms with Crippen LogP contribution in [0.4, 0.5) is 5.13 Å². The average Bonchev–Trinajstić information content (AvgIpc) is 3.31. The van der Waals surface area contributed by atoms with Crippen LogP contribution in [0.3, 0.4) is 0 Å². The molecule has 24 heavy (non-hydrogen) atoms. The Bertz CT molecular complexity index is 773. The normalized spacial score (nSPS) is 13.9. The van der Waals surface area contributed by atoms with Crippen molar-refractivity contribution in [3.63, 3.8) is 0 Å². The van der Waals surface area contributed by atoms with Crippen molar-refractivity contribution in [1.82, 2.24) is 4.98 Å². The molecule has 3 nitrogen and oxygen atoms in total. The monoisotopic (exact) mass is 333 g/mol. The molecule has 0 spiro atoms. The van der Waals surface area contributed by atoms with Crippen LogP contribution in [0.1, 0.15) is 25.7 Å². The van der Waals surface area contributed by atoms with Gasteiger partial charge < -0.3 is 0 Å². The van der Waals surface area contributed by atoms with Crippen molar-refractivity contribution in [1.29, 1.82) is 0 Å². The minimum Gasteiger partial charge on any atom is -0.253 e. The zero-order chi connectivity index (χ0) is 16.2. The number of hydrogen-bond acceptors (Lipinski definition) is 4. The number of hydrazone groups is 1. The van der Waals surface area contributed by atoms with Crippen LogP contribution in [0, 0.1) is 0 Å². The Labute approximate surface area is 146 Å². The summed E-state index contributed by atoms with van der Waals surface area (Å²) < 4.78 is 0. The van der Waals surface area contributed by atoms with Crippen molar-refractivity contribution in [2.75, 3.05) is 5.43 Å². The van der Waals surface area contributed by atoms with Gasteiger partial charge in [-0.05, 0) is 31.2 Å². The third-order valence-corrected chi connectivity index (χ3v) is 5.21. The van der Waals surface area contributed by atoms with E-state index in [-0.39, 0.29) is 0 Å². The van der Waals surface area contributed by atoms with E-state index >= 15 is 0 Å². The number of rotatable bonds is 4. The molecule has 4 rings (SSSR count). The number of thiazole rings is 1. The molecule has 3 aromatic rings. The molecule has 0 bridgehead atoms. The Balaban J connectivity index is 1.72. The summed E-state index contributed by atoms with van der Waals surface area (Å²) in [5.41, 5.74) is 7.78. The van der Waals surface area contributed by atoms with Crippen LogP contribution in [-0.2, 0) is 0 Å². The van der Waals surface area contributed by atoms with Gasteiger partial charge in [0.15, 0.2) is 0 Å². The lowest BCUT2D eigenvalue weighted by Crippen LogP contribution is -1.95. The molecule has 0 amide bonds. The number of nitrogens with zero attached hydrogens (tertiary/aromatic N) is 2. The van der Waals surface area contributed by atoms with E-state index in [0.717, 1.165) is 29.2 Å². The molecule has 1 aliphatic carbocycles. The van der Waals surface area contributed by atoms with Gasteiger partial charge in [-0.15, -0.1) is 0 Å². The first-order valence-electron chi connectivity index (χ1n) is 8.33. The van der Waals surface area contributed by atoms with Gasteiger partial charge in [-0.3, -0.25) is 5.43 Å². The van der Waals surface area contributed by atoms with Crippen molar-refractivity contribution in [3.05, 3.63) is 60.7 Å². The van der Waals surface area contributed by atoms with Crippen LogP contribution in [0.5, 0.6) is 0 Å². The van der Waals surface area contributed by atoms with Crippen molar-refractivity contribution in [3.8, 4) is 21.7 Å². The topological polar surface area (TPSA) is 37.3 Å². The highest BCUT2D eigenvalue weighted by Gasteiger charge is 2.15. The Kier molecular flexibility index (Phi) is 4.38. The summed E-state index contributed by atoms with van der Waals surface area (Å²) in [7, 11) is 0. The van der Waals surface area contributed by atoms with Crippen molar-refractivity contribution in [2.24, 2.45) is 5.10 Å². The van der Waals surface area contributed by atoms with Gasteiger partial charge in [0.1, 0.15) is 0 Å². The van der Waals surface area contributed by atoms with E-state index in [9.17, 15) is 0 Å². The molecule has 0 radical (unpaired) electrons. The summed E-state index contributed by atoms with van der Waals surface area (Å²) in [5.74, 6) is 0. The van der Waals surface area contributed by atoms with E-state index in [2.05, 4.69) is 59.1 Å². The second kappa shape index (κ2) is 6.97. The third kappa shape index (κ3) is 3.24. The summed E-state index contributed by atoms with van der Waals surface area (Å²) in [6.45, 7) is 0. The molecule has 1 aromatic heterocycles. The third-order valence-electron chi connectivity index (χ3n) is 4.20. The number of nitrogens with one attached hydrogen (secondary N) is 1. The second-order valence-electron chi connectivity index (χ2n) is 5.93. The first-order valence-corrected chi connectivity index (χ1v) is 9.15. The molecule has 0 saturated heterocycles. The van der Waals surface area contributed by atoms with E-state index in [0.29, 0.717) is 0 Å². The largest absolute Gasteiger partial charge is 0.253 e. The standard InChI is InChI=1S/C20H19N3S/c1-3-9-15(10-4-1)18-19(16-11-5-2-6-12-16)24-20(21-18)23-22-17-13-7-8-14-17/h1-6,9-12H,7-8,13-14H2,(H,21,23). The molecule has 120 valence electrons. The van der Waals surface area contributed by atoms with Gasteiger partial charge >= 0.3 is 0 Å². The SMILES string of the molecule is c1ccc(-c2nc(NN=C3CCCC3)sc2-c2ccccc2)cc1. The molecule has 1 heterocycles. The van der Waals surface area contributed by atoms with Gasteiger partial charge in [-0.2, -0.15) is 5.10 Å². The molecule has 4 heteroatoms. The molecular formula is C20H19N3S. The maximum atomic E-state index is 4.82. The summed E-state index contributed by atoms with van der Waals surface area (Å²) >= 11 is 1.66. The van der Waals surface area contributed by atoms with E-state index in [1.54, 1.807) is 11.3 Å². The molecule has 1 N–H and O–H groups in total. The lowest BCUT2D eigenvalue weighted by atomic mass is 10.1. The molecular weight excluding hydrogens is 314 g/mol.